The van der Waals surface area contributed by atoms with Crippen LogP contribution >= 0.6 is 27.5 Å². The zero-order chi connectivity index (χ0) is 11.3. The summed E-state index contributed by atoms with van der Waals surface area (Å²) >= 11 is 9.71. The Morgan fingerprint density at radius 3 is 2.27 bits per heavy atom. The highest BCUT2D eigenvalue weighted by atomic mass is 79.9. The zero-order valence-corrected chi connectivity index (χ0v) is 11.7. The summed E-state index contributed by atoms with van der Waals surface area (Å²) in [5, 5.41) is 0. The molecule has 1 rings (SSSR count). The summed E-state index contributed by atoms with van der Waals surface area (Å²) in [5.74, 6) is 1.85. The van der Waals surface area contributed by atoms with Crippen LogP contribution in [-0.4, -0.2) is 5.88 Å². The van der Waals surface area contributed by atoms with Gasteiger partial charge in [0.05, 0.1) is 0 Å². The first-order valence-corrected chi connectivity index (χ1v) is 6.87. The Kier molecular flexibility index (Phi) is 5.70. The Morgan fingerprint density at radius 1 is 1.20 bits per heavy atom. The van der Waals surface area contributed by atoms with E-state index in [0.717, 1.165) is 0 Å². The molecule has 1 aromatic carbocycles. The molecule has 1 aromatic rings. The van der Waals surface area contributed by atoms with Crippen LogP contribution in [0.3, 0.4) is 0 Å². The highest BCUT2D eigenvalue weighted by molar-refractivity contribution is 9.10. The maximum atomic E-state index is 6.11. The zero-order valence-electron chi connectivity index (χ0n) is 9.34. The van der Waals surface area contributed by atoms with Gasteiger partial charge in [-0.05, 0) is 17.5 Å². The fourth-order valence-corrected chi connectivity index (χ4v) is 3.09. The minimum atomic E-state index is 0.470. The second kappa shape index (κ2) is 6.55. The molecule has 0 bridgehead atoms. The number of halogens is 2. The normalized spacial score (nSPS) is 13.1. The van der Waals surface area contributed by atoms with Gasteiger partial charge in [-0.1, -0.05) is 60.8 Å². The molecule has 1 unspecified atom stereocenters. The standard InChI is InChI=1S/C13H18BrCl/c1-3-10(4-2)12(9-15)11-7-5-6-8-13(11)14/h5-8,10,12H,3-4,9H2,1-2H3. The molecule has 0 nitrogen and oxygen atoms in total. The van der Waals surface area contributed by atoms with Crippen molar-refractivity contribution in [3.8, 4) is 0 Å². The van der Waals surface area contributed by atoms with E-state index in [1.54, 1.807) is 0 Å². The molecule has 0 fully saturated rings. The van der Waals surface area contributed by atoms with Gasteiger partial charge in [-0.15, -0.1) is 11.6 Å². The monoisotopic (exact) mass is 288 g/mol. The predicted octanol–water partition coefficient (Wildman–Crippen LogP) is 5.21. The third-order valence-electron chi connectivity index (χ3n) is 3.09. The van der Waals surface area contributed by atoms with Crippen LogP contribution in [0.15, 0.2) is 28.7 Å². The Labute approximate surface area is 106 Å². The van der Waals surface area contributed by atoms with Crippen LogP contribution in [-0.2, 0) is 0 Å². The molecule has 2 heteroatoms. The van der Waals surface area contributed by atoms with Crippen molar-refractivity contribution < 1.29 is 0 Å². The molecular weight excluding hydrogens is 272 g/mol. The second-order valence-corrected chi connectivity index (χ2v) is 5.02. The Bertz CT molecular complexity index is 294. The van der Waals surface area contributed by atoms with Crippen molar-refractivity contribution in [2.24, 2.45) is 5.92 Å². The fourth-order valence-electron chi connectivity index (χ4n) is 2.10. The molecule has 0 aromatic heterocycles. The van der Waals surface area contributed by atoms with Crippen molar-refractivity contribution in [3.63, 3.8) is 0 Å². The summed E-state index contributed by atoms with van der Waals surface area (Å²) in [7, 11) is 0. The Hall–Kier alpha value is -0.0100. The van der Waals surface area contributed by atoms with Crippen molar-refractivity contribution >= 4 is 27.5 Å². The van der Waals surface area contributed by atoms with Crippen LogP contribution in [0, 0.1) is 5.92 Å². The van der Waals surface area contributed by atoms with Gasteiger partial charge in [0.25, 0.3) is 0 Å². The lowest BCUT2D eigenvalue weighted by atomic mass is 9.84. The van der Waals surface area contributed by atoms with Gasteiger partial charge in [-0.25, -0.2) is 0 Å². The summed E-state index contributed by atoms with van der Waals surface area (Å²) in [6, 6.07) is 8.40. The summed E-state index contributed by atoms with van der Waals surface area (Å²) in [6.45, 7) is 4.48. The molecule has 0 heterocycles. The van der Waals surface area contributed by atoms with Gasteiger partial charge in [0.15, 0.2) is 0 Å². The van der Waals surface area contributed by atoms with Crippen molar-refractivity contribution in [3.05, 3.63) is 34.3 Å². The lowest BCUT2D eigenvalue weighted by Crippen LogP contribution is -2.13. The summed E-state index contributed by atoms with van der Waals surface area (Å²) in [6.07, 6.45) is 2.38. The van der Waals surface area contributed by atoms with E-state index in [1.165, 1.54) is 22.9 Å². The number of rotatable bonds is 5. The smallest absolute Gasteiger partial charge is 0.0295 e. The van der Waals surface area contributed by atoms with Crippen molar-refractivity contribution in [1.29, 1.82) is 0 Å². The van der Waals surface area contributed by atoms with E-state index < -0.39 is 0 Å². The first-order valence-electron chi connectivity index (χ1n) is 5.54. The Morgan fingerprint density at radius 2 is 1.80 bits per heavy atom. The van der Waals surface area contributed by atoms with Crippen LogP contribution in [0.2, 0.25) is 0 Å². The molecule has 84 valence electrons. The van der Waals surface area contributed by atoms with E-state index in [4.69, 9.17) is 11.6 Å². The second-order valence-electron chi connectivity index (χ2n) is 3.86. The topological polar surface area (TPSA) is 0 Å². The van der Waals surface area contributed by atoms with Crippen LogP contribution < -0.4 is 0 Å². The van der Waals surface area contributed by atoms with E-state index in [1.807, 2.05) is 6.07 Å². The van der Waals surface area contributed by atoms with Crippen LogP contribution in [0.25, 0.3) is 0 Å². The van der Waals surface area contributed by atoms with E-state index in [-0.39, 0.29) is 0 Å². The average molecular weight is 290 g/mol. The van der Waals surface area contributed by atoms with Crippen LogP contribution in [0.5, 0.6) is 0 Å². The third-order valence-corrected chi connectivity index (χ3v) is 4.14. The highest BCUT2D eigenvalue weighted by Crippen LogP contribution is 2.34. The minimum absolute atomic E-state index is 0.470. The van der Waals surface area contributed by atoms with Crippen molar-refractivity contribution in [2.75, 3.05) is 5.88 Å². The highest BCUT2D eigenvalue weighted by Gasteiger charge is 2.20. The van der Waals surface area contributed by atoms with Gasteiger partial charge in [0.1, 0.15) is 0 Å². The minimum Gasteiger partial charge on any atom is -0.126 e. The van der Waals surface area contributed by atoms with Crippen molar-refractivity contribution in [2.45, 2.75) is 32.6 Å². The number of hydrogen-bond donors (Lipinski definition) is 0. The number of benzene rings is 1. The lowest BCUT2D eigenvalue weighted by Gasteiger charge is -2.24. The van der Waals surface area contributed by atoms with Crippen LogP contribution in [0.1, 0.15) is 38.2 Å². The van der Waals surface area contributed by atoms with Gasteiger partial charge < -0.3 is 0 Å². The van der Waals surface area contributed by atoms with Crippen molar-refractivity contribution in [1.82, 2.24) is 0 Å². The molecule has 0 aliphatic heterocycles. The molecule has 0 saturated heterocycles. The fraction of sp³-hybridized carbons (Fsp3) is 0.538. The molecule has 1 atom stereocenters. The Balaban J connectivity index is 2.96. The SMILES string of the molecule is CCC(CC)C(CCl)c1ccccc1Br. The summed E-state index contributed by atoms with van der Waals surface area (Å²) in [5.41, 5.74) is 1.35. The van der Waals surface area contributed by atoms with E-state index in [0.29, 0.717) is 17.7 Å². The molecule has 0 amide bonds. The van der Waals surface area contributed by atoms with E-state index >= 15 is 0 Å². The number of alkyl halides is 1. The van der Waals surface area contributed by atoms with Gasteiger partial charge in [-0.3, -0.25) is 0 Å². The molecule has 0 N–H and O–H groups in total. The van der Waals surface area contributed by atoms with Crippen LogP contribution in [0.4, 0.5) is 0 Å². The van der Waals surface area contributed by atoms with Gasteiger partial charge in [0.2, 0.25) is 0 Å². The summed E-state index contributed by atoms with van der Waals surface area (Å²) < 4.78 is 1.18. The number of hydrogen-bond acceptors (Lipinski definition) is 0. The molecule has 0 aliphatic carbocycles. The van der Waals surface area contributed by atoms with Gasteiger partial charge >= 0.3 is 0 Å². The molecule has 0 aliphatic rings. The maximum absolute atomic E-state index is 6.11. The van der Waals surface area contributed by atoms with E-state index in [9.17, 15) is 0 Å². The lowest BCUT2D eigenvalue weighted by molar-refractivity contribution is 0.421. The van der Waals surface area contributed by atoms with E-state index in [2.05, 4.69) is 48.0 Å². The molecule has 0 radical (unpaired) electrons. The quantitative estimate of drug-likeness (QED) is 0.653. The summed E-state index contributed by atoms with van der Waals surface area (Å²) in [4.78, 5) is 0. The average Bonchev–Trinajstić information content (AvgIpc) is 2.27. The molecular formula is C13H18BrCl. The maximum Gasteiger partial charge on any atom is 0.0295 e. The van der Waals surface area contributed by atoms with Gasteiger partial charge in [0, 0.05) is 16.3 Å². The van der Waals surface area contributed by atoms with Gasteiger partial charge in [-0.2, -0.15) is 0 Å². The largest absolute Gasteiger partial charge is 0.126 e. The first kappa shape index (κ1) is 13.1. The third kappa shape index (κ3) is 3.22. The molecule has 15 heavy (non-hydrogen) atoms. The molecule has 0 spiro atoms. The molecule has 0 saturated carbocycles. The first-order chi connectivity index (χ1) is 7.24. The predicted molar refractivity (Wildman–Crippen MR) is 71.7 cm³/mol.